The molecular weight excluding hydrogens is 378 g/mol. The van der Waals surface area contributed by atoms with Gasteiger partial charge in [-0.1, -0.05) is 13.8 Å². The topological polar surface area (TPSA) is 178 Å². The van der Waals surface area contributed by atoms with Gasteiger partial charge in [0.15, 0.2) is 6.29 Å². The van der Waals surface area contributed by atoms with Gasteiger partial charge in [0, 0.05) is 6.92 Å². The number of carbonyl (C=O) groups is 1. The number of hydrogen-bond acceptors (Lipinski definition) is 10. The van der Waals surface area contributed by atoms with Crippen molar-refractivity contribution >= 4 is 5.91 Å². The monoisotopic (exact) mass is 409 g/mol. The van der Waals surface area contributed by atoms with Crippen molar-refractivity contribution in [2.45, 2.75) is 81.9 Å². The second-order valence-corrected chi connectivity index (χ2v) is 7.58. The van der Waals surface area contributed by atoms with E-state index in [1.54, 1.807) is 0 Å². The first-order valence-electron chi connectivity index (χ1n) is 9.29. The zero-order valence-electron chi connectivity index (χ0n) is 16.1. The fraction of sp³-hybridized carbons (Fsp3) is 0.941. The van der Waals surface area contributed by atoms with Crippen LogP contribution in [0.4, 0.5) is 0 Å². The molecule has 10 unspecified atom stereocenters. The Balaban J connectivity index is 2.22. The predicted octanol–water partition coefficient (Wildman–Crippen LogP) is -3.55. The van der Waals surface area contributed by atoms with E-state index in [9.17, 15) is 35.4 Å². The van der Waals surface area contributed by atoms with Gasteiger partial charge in [-0.25, -0.2) is 0 Å². The molecular formula is C17H31NO10. The molecule has 2 saturated heterocycles. The molecule has 28 heavy (non-hydrogen) atoms. The van der Waals surface area contributed by atoms with Crippen LogP contribution in [-0.2, 0) is 19.0 Å². The molecule has 0 radical (unpaired) electrons. The van der Waals surface area contributed by atoms with Gasteiger partial charge in [-0.2, -0.15) is 0 Å². The van der Waals surface area contributed by atoms with Crippen LogP contribution < -0.4 is 5.32 Å². The van der Waals surface area contributed by atoms with Crippen molar-refractivity contribution in [3.63, 3.8) is 0 Å². The van der Waals surface area contributed by atoms with Gasteiger partial charge < -0.3 is 50.2 Å². The molecule has 0 aromatic carbocycles. The Labute approximate surface area is 162 Å². The molecule has 2 aliphatic rings. The summed E-state index contributed by atoms with van der Waals surface area (Å²) in [6.45, 7) is 3.80. The Morgan fingerprint density at radius 2 is 1.57 bits per heavy atom. The zero-order chi connectivity index (χ0) is 21.2. The lowest BCUT2D eigenvalue weighted by molar-refractivity contribution is -0.337. The fourth-order valence-electron chi connectivity index (χ4n) is 3.61. The normalized spacial score (nSPS) is 44.5. The molecule has 2 heterocycles. The lowest BCUT2D eigenvalue weighted by Gasteiger charge is -2.48. The molecule has 2 aliphatic heterocycles. The Morgan fingerprint density at radius 1 is 0.964 bits per heavy atom. The van der Waals surface area contributed by atoms with E-state index < -0.39 is 80.3 Å². The quantitative estimate of drug-likeness (QED) is 0.232. The van der Waals surface area contributed by atoms with Crippen LogP contribution in [0, 0.1) is 5.92 Å². The maximum atomic E-state index is 11.6. The number of nitrogens with one attached hydrogen (secondary N) is 1. The third-order valence-electron chi connectivity index (χ3n) is 5.10. The van der Waals surface area contributed by atoms with Crippen LogP contribution >= 0.6 is 0 Å². The van der Waals surface area contributed by atoms with Crippen molar-refractivity contribution in [1.29, 1.82) is 0 Å². The average molecular weight is 409 g/mol. The highest BCUT2D eigenvalue weighted by molar-refractivity contribution is 5.73. The van der Waals surface area contributed by atoms with Gasteiger partial charge in [0.25, 0.3) is 0 Å². The van der Waals surface area contributed by atoms with E-state index in [4.69, 9.17) is 14.2 Å². The van der Waals surface area contributed by atoms with Gasteiger partial charge in [0.1, 0.15) is 42.7 Å². The molecule has 2 fully saturated rings. The van der Waals surface area contributed by atoms with Gasteiger partial charge in [0.05, 0.1) is 25.4 Å². The highest BCUT2D eigenvalue weighted by atomic mass is 16.7. The summed E-state index contributed by atoms with van der Waals surface area (Å²) in [5.41, 5.74) is 0. The van der Waals surface area contributed by atoms with E-state index in [0.717, 1.165) is 0 Å². The summed E-state index contributed by atoms with van der Waals surface area (Å²) in [6.07, 6.45) is -11.7. The summed E-state index contributed by atoms with van der Waals surface area (Å²) in [4.78, 5) is 11.6. The van der Waals surface area contributed by atoms with E-state index in [0.29, 0.717) is 0 Å². The van der Waals surface area contributed by atoms with Crippen LogP contribution in [0.25, 0.3) is 0 Å². The van der Waals surface area contributed by atoms with Crippen LogP contribution in [0.3, 0.4) is 0 Å². The van der Waals surface area contributed by atoms with E-state index in [-0.39, 0.29) is 5.92 Å². The largest absolute Gasteiger partial charge is 0.394 e. The molecule has 0 spiro atoms. The number of carbonyl (C=O) groups excluding carboxylic acids is 1. The van der Waals surface area contributed by atoms with Crippen LogP contribution in [0.5, 0.6) is 0 Å². The molecule has 10 atom stereocenters. The maximum Gasteiger partial charge on any atom is 0.217 e. The van der Waals surface area contributed by atoms with Crippen molar-refractivity contribution in [3.8, 4) is 0 Å². The third-order valence-corrected chi connectivity index (χ3v) is 5.10. The molecule has 0 bridgehead atoms. The Hall–Kier alpha value is -0.890. The minimum absolute atomic E-state index is 0.103. The van der Waals surface area contributed by atoms with E-state index in [1.807, 2.05) is 13.8 Å². The number of ether oxygens (including phenoxy) is 3. The third kappa shape index (κ3) is 4.81. The predicted molar refractivity (Wildman–Crippen MR) is 92.8 cm³/mol. The first kappa shape index (κ1) is 23.4. The zero-order valence-corrected chi connectivity index (χ0v) is 16.1. The number of hydrogen-bond donors (Lipinski definition) is 7. The molecule has 11 nitrogen and oxygen atoms in total. The van der Waals surface area contributed by atoms with Crippen molar-refractivity contribution in [2.24, 2.45) is 5.92 Å². The molecule has 11 heteroatoms. The molecule has 2 rings (SSSR count). The van der Waals surface area contributed by atoms with Gasteiger partial charge in [0.2, 0.25) is 5.91 Å². The molecule has 164 valence electrons. The fourth-order valence-corrected chi connectivity index (χ4v) is 3.61. The van der Waals surface area contributed by atoms with Crippen LogP contribution in [0.15, 0.2) is 0 Å². The Bertz CT molecular complexity index is 518. The molecule has 0 aliphatic carbocycles. The lowest BCUT2D eigenvalue weighted by atomic mass is 9.87. The summed E-state index contributed by atoms with van der Waals surface area (Å²) in [5.74, 6) is -0.499. The Kier molecular flexibility index (Phi) is 8.14. The first-order chi connectivity index (χ1) is 13.1. The van der Waals surface area contributed by atoms with Gasteiger partial charge in [-0.05, 0) is 5.92 Å². The van der Waals surface area contributed by atoms with Crippen LogP contribution in [0.1, 0.15) is 20.8 Å². The van der Waals surface area contributed by atoms with Gasteiger partial charge in [-0.15, -0.1) is 0 Å². The molecule has 7 N–H and O–H groups in total. The Morgan fingerprint density at radius 3 is 2.07 bits per heavy atom. The van der Waals surface area contributed by atoms with E-state index in [1.165, 1.54) is 6.92 Å². The highest BCUT2D eigenvalue weighted by Gasteiger charge is 2.51. The smallest absolute Gasteiger partial charge is 0.217 e. The number of aliphatic hydroxyl groups excluding tert-OH is 6. The van der Waals surface area contributed by atoms with Gasteiger partial charge in [-0.3, -0.25) is 4.79 Å². The van der Waals surface area contributed by atoms with E-state index >= 15 is 0 Å². The second-order valence-electron chi connectivity index (χ2n) is 7.58. The van der Waals surface area contributed by atoms with E-state index in [2.05, 4.69) is 5.32 Å². The molecule has 0 saturated carbocycles. The molecule has 1 amide bonds. The van der Waals surface area contributed by atoms with Crippen molar-refractivity contribution in [2.75, 3.05) is 13.2 Å². The average Bonchev–Trinajstić information content (AvgIpc) is 2.64. The molecule has 0 aromatic rings. The summed E-state index contributed by atoms with van der Waals surface area (Å²) >= 11 is 0. The minimum atomic E-state index is -1.67. The summed E-state index contributed by atoms with van der Waals surface area (Å²) in [5, 5.41) is 62.3. The van der Waals surface area contributed by atoms with Crippen molar-refractivity contribution in [3.05, 3.63) is 0 Å². The summed E-state index contributed by atoms with van der Waals surface area (Å²) in [6, 6.07) is -0.852. The second kappa shape index (κ2) is 9.74. The summed E-state index contributed by atoms with van der Waals surface area (Å²) < 4.78 is 16.7. The van der Waals surface area contributed by atoms with Crippen LogP contribution in [-0.4, -0.2) is 111 Å². The van der Waals surface area contributed by atoms with Crippen molar-refractivity contribution in [1.82, 2.24) is 5.32 Å². The van der Waals surface area contributed by atoms with Crippen molar-refractivity contribution < 1.29 is 49.6 Å². The van der Waals surface area contributed by atoms with Gasteiger partial charge >= 0.3 is 0 Å². The maximum absolute atomic E-state index is 11.6. The SMILES string of the molecule is CC(=O)NC1C(O)C(OC2OC(CO)C(O)C(O)C2O)C(CO)OC1C(C)C. The lowest BCUT2D eigenvalue weighted by Crippen LogP contribution is -2.68. The number of aliphatic hydroxyl groups is 6. The number of amides is 1. The highest BCUT2D eigenvalue weighted by Crippen LogP contribution is 2.31. The standard InChI is InChI=1S/C17H31NO10/c1-6(2)15-10(18-7(3)21)12(23)16(9(5-20)26-15)28-17-14(25)13(24)11(22)8(4-19)27-17/h6,8-17,19-20,22-25H,4-5H2,1-3H3,(H,18,21). The minimum Gasteiger partial charge on any atom is -0.394 e. The van der Waals surface area contributed by atoms with Crippen LogP contribution in [0.2, 0.25) is 0 Å². The number of rotatable bonds is 6. The first-order valence-corrected chi connectivity index (χ1v) is 9.29. The summed E-state index contributed by atoms with van der Waals surface area (Å²) in [7, 11) is 0. The molecule has 0 aromatic heterocycles.